The number of halogens is 2. The van der Waals surface area contributed by atoms with Crippen LogP contribution >= 0.6 is 0 Å². The molecule has 0 spiro atoms. The zero-order chi connectivity index (χ0) is 21.4. The van der Waals surface area contributed by atoms with Gasteiger partial charge in [-0.05, 0) is 29.7 Å². The van der Waals surface area contributed by atoms with E-state index < -0.39 is 11.6 Å². The molecule has 3 aromatic carbocycles. The highest BCUT2D eigenvalue weighted by atomic mass is 19.2. The Hall–Kier alpha value is -3.61. The smallest absolute Gasteiger partial charge is 0.254 e. The molecule has 156 valence electrons. The van der Waals surface area contributed by atoms with Gasteiger partial charge >= 0.3 is 0 Å². The molecule has 7 heteroatoms. The second-order valence-corrected chi connectivity index (χ2v) is 7.71. The molecule has 1 aromatic heterocycles. The number of rotatable bonds is 4. The lowest BCUT2D eigenvalue weighted by molar-refractivity contribution is 0.0745. The van der Waals surface area contributed by atoms with Gasteiger partial charge in [0, 0.05) is 36.8 Å². The monoisotopic (exact) mass is 418 g/mol. The van der Waals surface area contributed by atoms with Crippen molar-refractivity contribution < 1.29 is 13.6 Å². The zero-order valence-electron chi connectivity index (χ0n) is 16.7. The van der Waals surface area contributed by atoms with Gasteiger partial charge in [0.05, 0.1) is 17.2 Å². The van der Waals surface area contributed by atoms with Crippen molar-refractivity contribution in [3.8, 4) is 0 Å². The average molecular weight is 418 g/mol. The number of likely N-dealkylation sites (tertiary alicyclic amines) is 1. The Morgan fingerprint density at radius 1 is 1.06 bits per heavy atom. The minimum absolute atomic E-state index is 0.00826. The molecule has 0 radical (unpaired) electrons. The minimum Gasteiger partial charge on any atom is -0.367 e. The summed E-state index contributed by atoms with van der Waals surface area (Å²) in [5.74, 6) is -1.43. The molecule has 1 atom stereocenters. The Labute approximate surface area is 177 Å². The van der Waals surface area contributed by atoms with Gasteiger partial charge in [0.25, 0.3) is 5.91 Å². The number of amides is 1. The number of hydrogen-bond acceptors (Lipinski definition) is 4. The highest BCUT2D eigenvalue weighted by Crippen LogP contribution is 2.25. The molecule has 0 bridgehead atoms. The molecular weight excluding hydrogens is 398 g/mol. The lowest BCUT2D eigenvalue weighted by Crippen LogP contribution is -2.39. The molecule has 31 heavy (non-hydrogen) atoms. The second kappa shape index (κ2) is 7.91. The summed E-state index contributed by atoms with van der Waals surface area (Å²) in [6.07, 6.45) is 3.30. The number of nitrogens with zero attached hydrogens (tertiary/aromatic N) is 3. The lowest BCUT2D eigenvalue weighted by Gasteiger charge is -2.26. The van der Waals surface area contributed by atoms with Crippen LogP contribution in [0.25, 0.3) is 21.8 Å². The van der Waals surface area contributed by atoms with E-state index in [0.29, 0.717) is 24.5 Å². The van der Waals surface area contributed by atoms with Crippen molar-refractivity contribution in [3.05, 3.63) is 78.0 Å². The van der Waals surface area contributed by atoms with Crippen LogP contribution in [0.15, 0.2) is 60.8 Å². The number of carbonyl (C=O) groups excluding carboxylic acids is 1. The number of benzene rings is 3. The van der Waals surface area contributed by atoms with Gasteiger partial charge < -0.3 is 10.2 Å². The fraction of sp³-hybridized carbons (Fsp3) is 0.208. The Bertz CT molecular complexity index is 1290. The van der Waals surface area contributed by atoms with Crippen LogP contribution in [0.2, 0.25) is 0 Å². The molecule has 4 aromatic rings. The SMILES string of the molecule is O=C(c1cccc2ccccc12)N1CCCC1CNc1cnc2cc(F)c(F)cc2n1. The summed E-state index contributed by atoms with van der Waals surface area (Å²) in [7, 11) is 0. The largest absolute Gasteiger partial charge is 0.367 e. The molecule has 5 rings (SSSR count). The van der Waals surface area contributed by atoms with Crippen LogP contribution < -0.4 is 5.32 Å². The number of carbonyl (C=O) groups is 1. The van der Waals surface area contributed by atoms with E-state index in [9.17, 15) is 13.6 Å². The molecule has 1 saturated heterocycles. The van der Waals surface area contributed by atoms with Crippen LogP contribution in [-0.4, -0.2) is 39.9 Å². The van der Waals surface area contributed by atoms with Crippen molar-refractivity contribution in [3.63, 3.8) is 0 Å². The summed E-state index contributed by atoms with van der Waals surface area (Å²) >= 11 is 0. The molecule has 1 aliphatic heterocycles. The highest BCUT2D eigenvalue weighted by molar-refractivity contribution is 6.07. The summed E-state index contributed by atoms with van der Waals surface area (Å²) in [5.41, 5.74) is 1.27. The van der Waals surface area contributed by atoms with Crippen molar-refractivity contribution >= 4 is 33.5 Å². The number of aromatic nitrogens is 2. The van der Waals surface area contributed by atoms with Crippen LogP contribution in [0.3, 0.4) is 0 Å². The number of fused-ring (bicyclic) bond motifs is 2. The zero-order valence-corrected chi connectivity index (χ0v) is 16.7. The first-order valence-corrected chi connectivity index (χ1v) is 10.2. The molecular formula is C24H20F2N4O. The Morgan fingerprint density at radius 3 is 2.71 bits per heavy atom. The van der Waals surface area contributed by atoms with Crippen molar-refractivity contribution in [2.75, 3.05) is 18.4 Å². The molecule has 1 amide bonds. The first kappa shape index (κ1) is 19.4. The number of hydrogen-bond donors (Lipinski definition) is 1. The van der Waals surface area contributed by atoms with E-state index in [1.165, 1.54) is 6.20 Å². The third-order valence-corrected chi connectivity index (χ3v) is 5.76. The van der Waals surface area contributed by atoms with Gasteiger partial charge in [-0.3, -0.25) is 9.78 Å². The topological polar surface area (TPSA) is 58.1 Å². The number of nitrogens with one attached hydrogen (secondary N) is 1. The van der Waals surface area contributed by atoms with Gasteiger partial charge in [-0.2, -0.15) is 0 Å². The van der Waals surface area contributed by atoms with Crippen LogP contribution in [0.1, 0.15) is 23.2 Å². The van der Waals surface area contributed by atoms with Gasteiger partial charge in [0.15, 0.2) is 11.6 Å². The van der Waals surface area contributed by atoms with Crippen LogP contribution in [0.5, 0.6) is 0 Å². The van der Waals surface area contributed by atoms with Gasteiger partial charge in [-0.15, -0.1) is 0 Å². The van der Waals surface area contributed by atoms with Crippen molar-refractivity contribution in [2.45, 2.75) is 18.9 Å². The van der Waals surface area contributed by atoms with Gasteiger partial charge in [0.1, 0.15) is 5.82 Å². The van der Waals surface area contributed by atoms with E-state index in [1.54, 1.807) is 0 Å². The predicted octanol–water partition coefficient (Wildman–Crippen LogP) is 4.78. The first-order chi connectivity index (χ1) is 15.1. The second-order valence-electron chi connectivity index (χ2n) is 7.71. The standard InChI is InChI=1S/C24H20F2N4O/c25-19-11-21-22(12-20(19)26)29-23(14-27-21)28-13-16-7-4-10-30(16)24(31)18-9-3-6-15-5-1-2-8-17(15)18/h1-3,5-6,8-9,11-12,14,16H,4,7,10,13H2,(H,28,29). The normalized spacial score (nSPS) is 16.2. The molecule has 1 N–H and O–H groups in total. The van der Waals surface area contributed by atoms with E-state index in [0.717, 1.165) is 35.7 Å². The highest BCUT2D eigenvalue weighted by Gasteiger charge is 2.30. The maximum atomic E-state index is 13.5. The van der Waals surface area contributed by atoms with Crippen molar-refractivity contribution in [1.29, 1.82) is 0 Å². The van der Waals surface area contributed by atoms with Crippen molar-refractivity contribution in [2.24, 2.45) is 0 Å². The maximum absolute atomic E-state index is 13.5. The average Bonchev–Trinajstić information content (AvgIpc) is 3.26. The van der Waals surface area contributed by atoms with Gasteiger partial charge in [-0.1, -0.05) is 36.4 Å². The van der Waals surface area contributed by atoms with Crippen molar-refractivity contribution in [1.82, 2.24) is 14.9 Å². The summed E-state index contributed by atoms with van der Waals surface area (Å²) in [6.45, 7) is 1.20. The lowest BCUT2D eigenvalue weighted by atomic mass is 10.0. The third kappa shape index (κ3) is 3.67. The van der Waals surface area contributed by atoms with Crippen LogP contribution in [0, 0.1) is 11.6 Å². The van der Waals surface area contributed by atoms with E-state index in [-0.39, 0.29) is 23.0 Å². The summed E-state index contributed by atoms with van der Waals surface area (Å²) in [4.78, 5) is 23.7. The molecule has 2 heterocycles. The Morgan fingerprint density at radius 2 is 1.84 bits per heavy atom. The molecule has 1 aliphatic rings. The molecule has 1 unspecified atom stereocenters. The molecule has 5 nitrogen and oxygen atoms in total. The molecule has 0 saturated carbocycles. The van der Waals surface area contributed by atoms with Crippen LogP contribution in [0.4, 0.5) is 14.6 Å². The summed E-state index contributed by atoms with van der Waals surface area (Å²) in [6, 6.07) is 15.7. The Kier molecular flexibility index (Phi) is 4.94. The van der Waals surface area contributed by atoms with Gasteiger partial charge in [0.2, 0.25) is 0 Å². The van der Waals surface area contributed by atoms with Crippen LogP contribution in [-0.2, 0) is 0 Å². The third-order valence-electron chi connectivity index (χ3n) is 5.76. The fourth-order valence-corrected chi connectivity index (χ4v) is 4.20. The van der Waals surface area contributed by atoms with E-state index in [2.05, 4.69) is 15.3 Å². The quantitative estimate of drug-likeness (QED) is 0.518. The van der Waals surface area contributed by atoms with E-state index in [1.807, 2.05) is 47.4 Å². The summed E-state index contributed by atoms with van der Waals surface area (Å²) in [5, 5.41) is 5.19. The molecule has 1 fully saturated rings. The first-order valence-electron chi connectivity index (χ1n) is 10.2. The summed E-state index contributed by atoms with van der Waals surface area (Å²) < 4.78 is 26.9. The van der Waals surface area contributed by atoms with E-state index in [4.69, 9.17) is 0 Å². The maximum Gasteiger partial charge on any atom is 0.254 e. The predicted molar refractivity (Wildman–Crippen MR) is 116 cm³/mol. The Balaban J connectivity index is 1.34. The minimum atomic E-state index is -0.957. The molecule has 0 aliphatic carbocycles. The van der Waals surface area contributed by atoms with E-state index >= 15 is 0 Å². The number of anilines is 1. The van der Waals surface area contributed by atoms with Gasteiger partial charge in [-0.25, -0.2) is 13.8 Å². The fourth-order valence-electron chi connectivity index (χ4n) is 4.20.